The summed E-state index contributed by atoms with van der Waals surface area (Å²) in [6.45, 7) is 5.11. The van der Waals surface area contributed by atoms with Crippen molar-refractivity contribution in [1.29, 1.82) is 0 Å². The predicted octanol–water partition coefficient (Wildman–Crippen LogP) is 4.59. The molecule has 164 valence electrons. The van der Waals surface area contributed by atoms with Crippen LogP contribution in [0.3, 0.4) is 0 Å². The van der Waals surface area contributed by atoms with Crippen LogP contribution in [-0.2, 0) is 0 Å². The van der Waals surface area contributed by atoms with Crippen LogP contribution in [0.2, 0.25) is 0 Å². The molecule has 0 radical (unpaired) electrons. The minimum atomic E-state index is -1.31. The minimum Gasteiger partial charge on any atom is -0.492 e. The molecule has 2 atom stereocenters. The Balaban J connectivity index is 1.59. The first kappa shape index (κ1) is 20.1. The lowest BCUT2D eigenvalue weighted by atomic mass is 9.49. The number of carboxylic acid groups (broad SMARTS) is 1. The summed E-state index contributed by atoms with van der Waals surface area (Å²) in [5.41, 5.74) is 1.18. The van der Waals surface area contributed by atoms with Crippen LogP contribution in [0.4, 0.5) is 10.1 Å². The van der Waals surface area contributed by atoms with Crippen molar-refractivity contribution in [2.45, 2.75) is 45.6 Å². The SMILES string of the molecule is COc1c(NCC2=CC[C@@H]3C[C@H]2C3(C)C)c(F)cc2c(=O)c(C(=O)O)cn(C3CC3)c12. The van der Waals surface area contributed by atoms with Gasteiger partial charge in [0.15, 0.2) is 11.6 Å². The molecule has 2 aromatic rings. The van der Waals surface area contributed by atoms with Crippen molar-refractivity contribution in [2.24, 2.45) is 17.3 Å². The second-order valence-corrected chi connectivity index (χ2v) is 9.65. The van der Waals surface area contributed by atoms with Gasteiger partial charge in [-0.2, -0.15) is 0 Å². The largest absolute Gasteiger partial charge is 0.492 e. The number of benzene rings is 1. The molecule has 2 bridgehead atoms. The van der Waals surface area contributed by atoms with Crippen LogP contribution in [0.15, 0.2) is 28.7 Å². The lowest BCUT2D eigenvalue weighted by Crippen LogP contribution is -2.49. The number of fused-ring (bicyclic) bond motifs is 2. The molecule has 2 N–H and O–H groups in total. The molecule has 4 aliphatic carbocycles. The molecule has 4 aliphatic rings. The summed E-state index contributed by atoms with van der Waals surface area (Å²) in [6.07, 6.45) is 7.63. The van der Waals surface area contributed by atoms with E-state index < -0.39 is 17.2 Å². The van der Waals surface area contributed by atoms with Crippen molar-refractivity contribution in [2.75, 3.05) is 19.0 Å². The number of aromatic nitrogens is 1. The molecule has 6 rings (SSSR count). The number of nitrogens with one attached hydrogen (secondary N) is 1. The van der Waals surface area contributed by atoms with E-state index in [1.54, 1.807) is 4.57 Å². The number of methoxy groups -OCH3 is 1. The Morgan fingerprint density at radius 2 is 2.13 bits per heavy atom. The standard InChI is InChI=1S/C24H27FN2O4/c1-24(2)13-5-4-12(17(24)8-13)10-26-19-18(25)9-15-20(22(19)31-3)27(14-6-7-14)11-16(21(15)28)23(29)30/h4,9,11,13-14,17,26H,5-8,10H2,1-3H3,(H,29,30)/t13-,17-/m1/s1. The van der Waals surface area contributed by atoms with Crippen molar-refractivity contribution in [1.82, 2.24) is 4.57 Å². The fourth-order valence-electron chi connectivity index (χ4n) is 5.48. The number of carboxylic acids is 1. The van der Waals surface area contributed by atoms with Crippen molar-refractivity contribution in [3.05, 3.63) is 45.5 Å². The average Bonchev–Trinajstić information content (AvgIpc) is 3.57. The molecule has 7 heteroatoms. The Labute approximate surface area is 179 Å². The van der Waals surface area contributed by atoms with E-state index in [4.69, 9.17) is 4.74 Å². The summed E-state index contributed by atoms with van der Waals surface area (Å²) in [7, 11) is 1.45. The molecule has 1 heterocycles. The Hall–Kier alpha value is -2.83. The molecular formula is C24H27FN2O4. The molecule has 0 spiro atoms. The summed E-state index contributed by atoms with van der Waals surface area (Å²) in [4.78, 5) is 24.4. The molecule has 1 aromatic heterocycles. The summed E-state index contributed by atoms with van der Waals surface area (Å²) in [5, 5.41) is 12.7. The highest BCUT2D eigenvalue weighted by Gasteiger charge is 2.50. The van der Waals surface area contributed by atoms with Gasteiger partial charge in [-0.3, -0.25) is 4.79 Å². The van der Waals surface area contributed by atoms with Crippen LogP contribution in [-0.4, -0.2) is 29.3 Å². The molecule has 6 nitrogen and oxygen atoms in total. The summed E-state index contributed by atoms with van der Waals surface area (Å²) >= 11 is 0. The van der Waals surface area contributed by atoms with E-state index in [2.05, 4.69) is 25.2 Å². The molecule has 0 saturated heterocycles. The van der Waals surface area contributed by atoms with E-state index in [1.807, 2.05) is 0 Å². The maximum atomic E-state index is 15.2. The van der Waals surface area contributed by atoms with Crippen molar-refractivity contribution in [3.63, 3.8) is 0 Å². The average molecular weight is 426 g/mol. The first-order chi connectivity index (χ1) is 14.7. The lowest BCUT2D eigenvalue weighted by Gasteiger charge is -2.56. The number of aromatic carboxylic acids is 1. The smallest absolute Gasteiger partial charge is 0.341 e. The monoisotopic (exact) mass is 426 g/mol. The Morgan fingerprint density at radius 1 is 1.39 bits per heavy atom. The summed E-state index contributed by atoms with van der Waals surface area (Å²) < 4.78 is 22.6. The highest BCUT2D eigenvalue weighted by molar-refractivity contribution is 5.97. The van der Waals surface area contributed by atoms with Gasteiger partial charge in [0.1, 0.15) is 11.3 Å². The third-order valence-electron chi connectivity index (χ3n) is 7.65. The molecule has 0 amide bonds. The van der Waals surface area contributed by atoms with Crippen LogP contribution in [0.1, 0.15) is 55.9 Å². The van der Waals surface area contributed by atoms with Gasteiger partial charge in [-0.1, -0.05) is 25.5 Å². The van der Waals surface area contributed by atoms with Crippen molar-refractivity contribution < 1.29 is 19.0 Å². The van der Waals surface area contributed by atoms with E-state index in [0.29, 0.717) is 18.0 Å². The maximum Gasteiger partial charge on any atom is 0.341 e. The molecule has 0 unspecified atom stereocenters. The second-order valence-electron chi connectivity index (χ2n) is 9.65. The van der Waals surface area contributed by atoms with Crippen LogP contribution >= 0.6 is 0 Å². The molecular weight excluding hydrogens is 399 g/mol. The van der Waals surface area contributed by atoms with Crippen LogP contribution < -0.4 is 15.5 Å². The van der Waals surface area contributed by atoms with E-state index >= 15 is 4.39 Å². The number of hydrogen-bond acceptors (Lipinski definition) is 4. The van der Waals surface area contributed by atoms with Crippen LogP contribution in [0, 0.1) is 23.1 Å². The third kappa shape index (κ3) is 2.97. The van der Waals surface area contributed by atoms with E-state index in [-0.39, 0.29) is 33.8 Å². The number of nitrogens with zero attached hydrogens (tertiary/aromatic N) is 1. The zero-order valence-corrected chi connectivity index (χ0v) is 18.0. The number of carbonyl (C=O) groups is 1. The zero-order valence-electron chi connectivity index (χ0n) is 18.0. The number of allylic oxidation sites excluding steroid dienone is 1. The molecule has 1 aromatic carbocycles. The Morgan fingerprint density at radius 3 is 2.71 bits per heavy atom. The first-order valence-corrected chi connectivity index (χ1v) is 10.9. The number of hydrogen-bond donors (Lipinski definition) is 2. The lowest BCUT2D eigenvalue weighted by molar-refractivity contribution is -0.00630. The topological polar surface area (TPSA) is 80.6 Å². The fourth-order valence-corrected chi connectivity index (χ4v) is 5.48. The molecule has 0 aliphatic heterocycles. The fraction of sp³-hybridized carbons (Fsp3) is 0.500. The van der Waals surface area contributed by atoms with Gasteiger partial charge in [0.05, 0.1) is 18.0 Å². The highest BCUT2D eigenvalue weighted by Crippen LogP contribution is 2.59. The van der Waals surface area contributed by atoms with Gasteiger partial charge in [0.25, 0.3) is 0 Å². The number of anilines is 1. The summed E-state index contributed by atoms with van der Waals surface area (Å²) in [5.74, 6) is -0.458. The van der Waals surface area contributed by atoms with Gasteiger partial charge in [-0.05, 0) is 49.0 Å². The molecule has 31 heavy (non-hydrogen) atoms. The number of ether oxygens (including phenoxy) is 1. The van der Waals surface area contributed by atoms with Gasteiger partial charge in [-0.25, -0.2) is 9.18 Å². The van der Waals surface area contributed by atoms with Crippen molar-refractivity contribution in [3.8, 4) is 5.75 Å². The Bertz CT molecular complexity index is 1190. The van der Waals surface area contributed by atoms with Gasteiger partial charge in [0.2, 0.25) is 5.43 Å². The van der Waals surface area contributed by atoms with E-state index in [9.17, 15) is 14.7 Å². The zero-order chi connectivity index (χ0) is 22.1. The molecule has 2 saturated carbocycles. The van der Waals surface area contributed by atoms with E-state index in [0.717, 1.165) is 31.2 Å². The highest BCUT2D eigenvalue weighted by atomic mass is 19.1. The Kier molecular flexibility index (Phi) is 4.43. The normalized spacial score (nSPS) is 23.8. The summed E-state index contributed by atoms with van der Waals surface area (Å²) in [6, 6.07) is 1.23. The quantitative estimate of drug-likeness (QED) is 0.661. The second kappa shape index (κ2) is 6.84. The molecule has 2 fully saturated rings. The first-order valence-electron chi connectivity index (χ1n) is 10.9. The van der Waals surface area contributed by atoms with Gasteiger partial charge in [-0.15, -0.1) is 0 Å². The number of halogens is 1. The number of rotatable bonds is 6. The number of pyridine rings is 1. The van der Waals surface area contributed by atoms with Gasteiger partial charge < -0.3 is 19.7 Å². The van der Waals surface area contributed by atoms with Gasteiger partial charge in [0, 0.05) is 18.8 Å². The van der Waals surface area contributed by atoms with Crippen molar-refractivity contribution >= 4 is 22.6 Å². The maximum absolute atomic E-state index is 15.2. The van der Waals surface area contributed by atoms with Crippen LogP contribution in [0.5, 0.6) is 5.75 Å². The minimum absolute atomic E-state index is 0.0338. The van der Waals surface area contributed by atoms with Crippen LogP contribution in [0.25, 0.3) is 10.9 Å². The van der Waals surface area contributed by atoms with Gasteiger partial charge >= 0.3 is 5.97 Å². The van der Waals surface area contributed by atoms with E-state index in [1.165, 1.54) is 25.3 Å². The predicted molar refractivity (Wildman–Crippen MR) is 117 cm³/mol. The third-order valence-corrected chi connectivity index (χ3v) is 7.65.